The lowest BCUT2D eigenvalue weighted by Crippen LogP contribution is -2.53. The first-order chi connectivity index (χ1) is 5.50. The highest BCUT2D eigenvalue weighted by Crippen LogP contribution is 2.16. The summed E-state index contributed by atoms with van der Waals surface area (Å²) >= 11 is 0. The molecule has 68 valence electrons. The molecule has 1 fully saturated rings. The predicted octanol–water partition coefficient (Wildman–Crippen LogP) is -0.381. The Hall–Kier alpha value is -1.10. The molecule has 0 spiro atoms. The zero-order valence-corrected chi connectivity index (χ0v) is 7.30. The van der Waals surface area contributed by atoms with Crippen molar-refractivity contribution in [1.82, 2.24) is 10.6 Å². The normalized spacial score (nSPS) is 31.2. The second-order valence-electron chi connectivity index (χ2n) is 2.99. The zero-order chi connectivity index (χ0) is 9.35. The average Bonchev–Trinajstić information content (AvgIpc) is 2.26. The molecule has 1 aliphatic rings. The Morgan fingerprint density at radius 1 is 1.50 bits per heavy atom. The molecule has 0 aromatic heterocycles. The molecule has 0 aliphatic carbocycles. The number of urea groups is 1. The lowest BCUT2D eigenvalue weighted by atomic mass is 9.96. The molecular weight excluding hydrogens is 160 g/mol. The van der Waals surface area contributed by atoms with Gasteiger partial charge in [0.05, 0.1) is 6.10 Å². The minimum Gasteiger partial charge on any atom is -0.379 e. The van der Waals surface area contributed by atoms with Gasteiger partial charge in [-0.2, -0.15) is 0 Å². The van der Waals surface area contributed by atoms with Crippen molar-refractivity contribution in [3.05, 3.63) is 0 Å². The summed E-state index contributed by atoms with van der Waals surface area (Å²) in [5.41, 5.74) is -0.939. The SMILES string of the molecule is CO[C@H](C)[C@]1(C)NC(=O)NC1=O. The largest absolute Gasteiger partial charge is 0.379 e. The Bertz CT molecular complexity index is 229. The van der Waals surface area contributed by atoms with E-state index in [0.29, 0.717) is 0 Å². The Labute approximate surface area is 70.5 Å². The van der Waals surface area contributed by atoms with Crippen LogP contribution in [0.3, 0.4) is 0 Å². The maximum absolute atomic E-state index is 11.2. The van der Waals surface area contributed by atoms with Gasteiger partial charge >= 0.3 is 6.03 Å². The topological polar surface area (TPSA) is 67.4 Å². The van der Waals surface area contributed by atoms with Gasteiger partial charge in [0.25, 0.3) is 5.91 Å². The van der Waals surface area contributed by atoms with Gasteiger partial charge in [0, 0.05) is 7.11 Å². The second-order valence-corrected chi connectivity index (χ2v) is 2.99. The molecule has 0 unspecified atom stereocenters. The van der Waals surface area contributed by atoms with Gasteiger partial charge in [-0.15, -0.1) is 0 Å². The van der Waals surface area contributed by atoms with Gasteiger partial charge in [0.1, 0.15) is 5.54 Å². The van der Waals surface area contributed by atoms with Crippen molar-refractivity contribution >= 4 is 11.9 Å². The Balaban J connectivity index is 2.84. The maximum Gasteiger partial charge on any atom is 0.322 e. The van der Waals surface area contributed by atoms with Gasteiger partial charge in [-0.3, -0.25) is 10.1 Å². The zero-order valence-electron chi connectivity index (χ0n) is 7.30. The number of carbonyl (C=O) groups is 2. The Kier molecular flexibility index (Phi) is 2.06. The molecule has 2 N–H and O–H groups in total. The highest BCUT2D eigenvalue weighted by atomic mass is 16.5. The van der Waals surface area contributed by atoms with Gasteiger partial charge < -0.3 is 10.1 Å². The van der Waals surface area contributed by atoms with E-state index in [4.69, 9.17) is 4.74 Å². The number of hydrogen-bond acceptors (Lipinski definition) is 3. The fraction of sp³-hybridized carbons (Fsp3) is 0.714. The summed E-state index contributed by atoms with van der Waals surface area (Å²) in [6, 6.07) is -0.466. The molecule has 0 bridgehead atoms. The highest BCUT2D eigenvalue weighted by molar-refractivity contribution is 6.07. The van der Waals surface area contributed by atoms with Crippen molar-refractivity contribution in [1.29, 1.82) is 0 Å². The van der Waals surface area contributed by atoms with Crippen LogP contribution < -0.4 is 10.6 Å². The van der Waals surface area contributed by atoms with Crippen LogP contribution in [0.15, 0.2) is 0 Å². The van der Waals surface area contributed by atoms with Crippen molar-refractivity contribution in [2.75, 3.05) is 7.11 Å². The lowest BCUT2D eigenvalue weighted by molar-refractivity contribution is -0.127. The fourth-order valence-electron chi connectivity index (χ4n) is 1.08. The molecule has 0 saturated carbocycles. The average molecular weight is 172 g/mol. The molecule has 0 aromatic rings. The van der Waals surface area contributed by atoms with Crippen molar-refractivity contribution in [3.8, 4) is 0 Å². The molecule has 0 radical (unpaired) electrons. The van der Waals surface area contributed by atoms with Crippen LogP contribution in [0.5, 0.6) is 0 Å². The maximum atomic E-state index is 11.2. The highest BCUT2D eigenvalue weighted by Gasteiger charge is 2.46. The van der Waals surface area contributed by atoms with Crippen molar-refractivity contribution in [3.63, 3.8) is 0 Å². The second kappa shape index (κ2) is 2.75. The molecule has 1 rings (SSSR count). The van der Waals surface area contributed by atoms with E-state index in [0.717, 1.165) is 0 Å². The van der Waals surface area contributed by atoms with Crippen molar-refractivity contribution in [2.24, 2.45) is 0 Å². The molecule has 1 saturated heterocycles. The summed E-state index contributed by atoms with van der Waals surface area (Å²) in [4.78, 5) is 22.0. The summed E-state index contributed by atoms with van der Waals surface area (Å²) in [6.07, 6.45) is -0.344. The number of methoxy groups -OCH3 is 1. The third-order valence-electron chi connectivity index (χ3n) is 2.24. The summed E-state index contributed by atoms with van der Waals surface area (Å²) in [5.74, 6) is -0.346. The van der Waals surface area contributed by atoms with Gasteiger partial charge in [-0.1, -0.05) is 0 Å². The monoisotopic (exact) mass is 172 g/mol. The van der Waals surface area contributed by atoms with Gasteiger partial charge in [-0.25, -0.2) is 4.79 Å². The van der Waals surface area contributed by atoms with E-state index < -0.39 is 11.6 Å². The van der Waals surface area contributed by atoms with Crippen LogP contribution in [0.1, 0.15) is 13.8 Å². The van der Waals surface area contributed by atoms with Crippen LogP contribution in [0, 0.1) is 0 Å². The number of imide groups is 1. The number of rotatable bonds is 2. The molecule has 5 nitrogen and oxygen atoms in total. The van der Waals surface area contributed by atoms with E-state index in [-0.39, 0.29) is 12.0 Å². The number of amides is 3. The van der Waals surface area contributed by atoms with Crippen LogP contribution >= 0.6 is 0 Å². The smallest absolute Gasteiger partial charge is 0.322 e. The van der Waals surface area contributed by atoms with E-state index in [1.807, 2.05) is 0 Å². The van der Waals surface area contributed by atoms with Crippen LogP contribution in [0.4, 0.5) is 4.79 Å². The van der Waals surface area contributed by atoms with Crippen LogP contribution in [0.2, 0.25) is 0 Å². The fourth-order valence-corrected chi connectivity index (χ4v) is 1.08. The van der Waals surface area contributed by atoms with Crippen LogP contribution in [-0.2, 0) is 9.53 Å². The molecule has 1 aliphatic heterocycles. The van der Waals surface area contributed by atoms with Crippen LogP contribution in [0.25, 0.3) is 0 Å². The van der Waals surface area contributed by atoms with E-state index in [9.17, 15) is 9.59 Å². The third kappa shape index (κ3) is 1.16. The Morgan fingerprint density at radius 3 is 2.42 bits per heavy atom. The van der Waals surface area contributed by atoms with Crippen LogP contribution in [-0.4, -0.2) is 30.7 Å². The molecule has 3 amide bonds. The van der Waals surface area contributed by atoms with Gasteiger partial charge in [0.15, 0.2) is 0 Å². The minimum absolute atomic E-state index is 0.344. The summed E-state index contributed by atoms with van der Waals surface area (Å²) in [6.45, 7) is 3.35. The van der Waals surface area contributed by atoms with E-state index >= 15 is 0 Å². The Morgan fingerprint density at radius 2 is 2.08 bits per heavy atom. The van der Waals surface area contributed by atoms with Crippen molar-refractivity contribution in [2.45, 2.75) is 25.5 Å². The summed E-state index contributed by atoms with van der Waals surface area (Å²) in [7, 11) is 1.49. The standard InChI is InChI=1S/C7H12N2O3/c1-4(12-3)7(2)5(10)8-6(11)9-7/h4H,1-3H3,(H2,8,9,10,11)/t4-,7+/m1/s1. The van der Waals surface area contributed by atoms with E-state index in [1.165, 1.54) is 7.11 Å². The minimum atomic E-state index is -0.939. The van der Waals surface area contributed by atoms with Gasteiger partial charge in [-0.05, 0) is 13.8 Å². The number of ether oxygens (including phenoxy) is 1. The molecule has 2 atom stereocenters. The number of carbonyl (C=O) groups excluding carboxylic acids is 2. The van der Waals surface area contributed by atoms with Crippen molar-refractivity contribution < 1.29 is 14.3 Å². The third-order valence-corrected chi connectivity index (χ3v) is 2.24. The summed E-state index contributed by atoms with van der Waals surface area (Å²) in [5, 5.41) is 4.66. The number of hydrogen-bond donors (Lipinski definition) is 2. The molecule has 5 heteroatoms. The molecule has 0 aromatic carbocycles. The quantitative estimate of drug-likeness (QED) is 0.558. The van der Waals surface area contributed by atoms with E-state index in [2.05, 4.69) is 10.6 Å². The first-order valence-corrected chi connectivity index (χ1v) is 3.67. The van der Waals surface area contributed by atoms with Gasteiger partial charge in [0.2, 0.25) is 0 Å². The predicted molar refractivity (Wildman–Crippen MR) is 41.6 cm³/mol. The molecule has 12 heavy (non-hydrogen) atoms. The first kappa shape index (κ1) is 8.99. The summed E-state index contributed by atoms with van der Waals surface area (Å²) < 4.78 is 4.98. The molecule has 1 heterocycles. The van der Waals surface area contributed by atoms with E-state index in [1.54, 1.807) is 13.8 Å². The first-order valence-electron chi connectivity index (χ1n) is 3.67. The lowest BCUT2D eigenvalue weighted by Gasteiger charge is -2.26. The molecular formula is C7H12N2O3. The number of nitrogens with one attached hydrogen (secondary N) is 2.